The number of alkyl halides is 2. The topological polar surface area (TPSA) is 55.4 Å². The minimum Gasteiger partial charge on any atom is -0.289 e. The Labute approximate surface area is 125 Å². The molecule has 0 fully saturated rings. The van der Waals surface area contributed by atoms with E-state index in [9.17, 15) is 8.78 Å². The fraction of sp³-hybridized carbons (Fsp3) is 0.200. The molecule has 0 atom stereocenters. The SMILES string of the molecule is FC(F)(C1=C/C/C=C\C=N/C/C=C\1)c1nnc2cccnn12. The van der Waals surface area contributed by atoms with E-state index >= 15 is 0 Å². The van der Waals surface area contributed by atoms with Crippen LogP contribution in [-0.2, 0) is 5.92 Å². The second kappa shape index (κ2) is 5.97. The molecule has 0 spiro atoms. The van der Waals surface area contributed by atoms with Crippen LogP contribution in [0.2, 0.25) is 0 Å². The van der Waals surface area contributed by atoms with E-state index in [0.29, 0.717) is 13.0 Å². The van der Waals surface area contributed by atoms with Crippen LogP contribution in [0.25, 0.3) is 5.65 Å². The third-order valence-corrected chi connectivity index (χ3v) is 3.13. The Bertz CT molecular complexity index is 786. The maximum absolute atomic E-state index is 14.8. The predicted octanol–water partition coefficient (Wildman–Crippen LogP) is 2.73. The second-order valence-corrected chi connectivity index (χ2v) is 4.63. The molecule has 22 heavy (non-hydrogen) atoms. The summed E-state index contributed by atoms with van der Waals surface area (Å²) in [6, 6.07) is 3.20. The molecule has 0 aromatic carbocycles. The quantitative estimate of drug-likeness (QED) is 0.857. The maximum atomic E-state index is 14.8. The Balaban J connectivity index is 2.03. The number of aromatic nitrogens is 4. The maximum Gasteiger partial charge on any atom is 0.333 e. The summed E-state index contributed by atoms with van der Waals surface area (Å²) in [5.41, 5.74) is 0.139. The molecule has 7 heteroatoms. The summed E-state index contributed by atoms with van der Waals surface area (Å²) in [6.07, 6.45) is 11.4. The van der Waals surface area contributed by atoms with Gasteiger partial charge in [0, 0.05) is 18.0 Å². The molecule has 0 unspecified atom stereocenters. The number of hydrogen-bond acceptors (Lipinski definition) is 4. The van der Waals surface area contributed by atoms with E-state index in [1.54, 1.807) is 36.6 Å². The molecule has 0 saturated heterocycles. The fourth-order valence-corrected chi connectivity index (χ4v) is 2.07. The number of fused-ring (bicyclic) bond motifs is 1. The number of allylic oxidation sites excluding steroid dienone is 5. The molecule has 0 aliphatic carbocycles. The molecule has 1 aliphatic heterocycles. The van der Waals surface area contributed by atoms with Crippen LogP contribution in [0, 0.1) is 0 Å². The van der Waals surface area contributed by atoms with Gasteiger partial charge in [0.25, 0.3) is 0 Å². The molecular formula is C15H13F2N5. The van der Waals surface area contributed by atoms with Gasteiger partial charge >= 0.3 is 5.92 Å². The molecule has 3 rings (SSSR count). The van der Waals surface area contributed by atoms with Crippen LogP contribution in [0.15, 0.2) is 59.3 Å². The summed E-state index contributed by atoms with van der Waals surface area (Å²) < 4.78 is 30.7. The van der Waals surface area contributed by atoms with Gasteiger partial charge in [-0.3, -0.25) is 4.99 Å². The van der Waals surface area contributed by atoms with Crippen molar-refractivity contribution in [1.82, 2.24) is 19.8 Å². The first-order chi connectivity index (χ1) is 10.7. The molecule has 0 N–H and O–H groups in total. The predicted molar refractivity (Wildman–Crippen MR) is 79.0 cm³/mol. The third-order valence-electron chi connectivity index (χ3n) is 3.13. The summed E-state index contributed by atoms with van der Waals surface area (Å²) in [5.74, 6) is -3.79. The molecule has 0 radical (unpaired) electrons. The Morgan fingerprint density at radius 2 is 2.09 bits per heavy atom. The van der Waals surface area contributed by atoms with Gasteiger partial charge in [0.1, 0.15) is 0 Å². The number of rotatable bonds is 2. The lowest BCUT2D eigenvalue weighted by atomic mass is 10.1. The first-order valence-corrected chi connectivity index (χ1v) is 6.76. The van der Waals surface area contributed by atoms with Gasteiger partial charge in [-0.2, -0.15) is 18.4 Å². The van der Waals surface area contributed by atoms with E-state index < -0.39 is 11.7 Å². The summed E-state index contributed by atoms with van der Waals surface area (Å²) in [6.45, 7) is 0.344. The standard InChI is InChI=1S/C15H13F2N5/c16-15(17,12-6-2-1-3-9-18-10-4-7-12)14-21-20-13-8-5-11-19-22(13)14/h1,3-9,11H,2,10H2/b3-1-,7-4-,12-6+,18-9-. The monoisotopic (exact) mass is 301 g/mol. The first kappa shape index (κ1) is 14.2. The zero-order valence-corrected chi connectivity index (χ0v) is 11.6. The lowest BCUT2D eigenvalue weighted by molar-refractivity contribution is 0.0295. The number of hydrogen-bond donors (Lipinski definition) is 0. The number of halogens is 2. The molecule has 3 heterocycles. The van der Waals surface area contributed by atoms with Crippen molar-refractivity contribution in [3.63, 3.8) is 0 Å². The van der Waals surface area contributed by atoms with Crippen molar-refractivity contribution in [3.8, 4) is 0 Å². The Morgan fingerprint density at radius 1 is 1.18 bits per heavy atom. The lowest BCUT2D eigenvalue weighted by Crippen LogP contribution is -2.20. The van der Waals surface area contributed by atoms with Crippen molar-refractivity contribution in [3.05, 3.63) is 60.1 Å². The Morgan fingerprint density at radius 3 is 3.00 bits per heavy atom. The van der Waals surface area contributed by atoms with Gasteiger partial charge in [-0.15, -0.1) is 10.2 Å². The van der Waals surface area contributed by atoms with Crippen LogP contribution >= 0.6 is 0 Å². The molecule has 5 nitrogen and oxygen atoms in total. The second-order valence-electron chi connectivity index (χ2n) is 4.63. The average Bonchev–Trinajstić information content (AvgIpc) is 2.97. The van der Waals surface area contributed by atoms with Crippen LogP contribution in [0.3, 0.4) is 0 Å². The van der Waals surface area contributed by atoms with E-state index in [2.05, 4.69) is 20.3 Å². The molecule has 112 valence electrons. The van der Waals surface area contributed by atoms with Crippen LogP contribution in [0.1, 0.15) is 12.2 Å². The van der Waals surface area contributed by atoms with Crippen molar-refractivity contribution in [2.45, 2.75) is 12.3 Å². The highest BCUT2D eigenvalue weighted by molar-refractivity contribution is 5.71. The van der Waals surface area contributed by atoms with Crippen LogP contribution in [-0.4, -0.2) is 32.6 Å². The Hall–Kier alpha value is -2.70. The van der Waals surface area contributed by atoms with Gasteiger partial charge in [-0.25, -0.2) is 0 Å². The molecule has 0 saturated carbocycles. The van der Waals surface area contributed by atoms with E-state index in [0.717, 1.165) is 4.52 Å². The Kier molecular flexibility index (Phi) is 3.86. The molecular weight excluding hydrogens is 288 g/mol. The van der Waals surface area contributed by atoms with Crippen molar-refractivity contribution >= 4 is 11.9 Å². The normalized spacial score (nSPS) is 22.7. The highest BCUT2D eigenvalue weighted by Crippen LogP contribution is 2.35. The fourth-order valence-electron chi connectivity index (χ4n) is 2.07. The zero-order chi connectivity index (χ0) is 15.4. The largest absolute Gasteiger partial charge is 0.333 e. The molecule has 2 aromatic heterocycles. The van der Waals surface area contributed by atoms with E-state index in [4.69, 9.17) is 0 Å². The van der Waals surface area contributed by atoms with Gasteiger partial charge in [0.15, 0.2) is 5.65 Å². The smallest absolute Gasteiger partial charge is 0.289 e. The van der Waals surface area contributed by atoms with Crippen molar-refractivity contribution in [2.24, 2.45) is 4.99 Å². The molecule has 0 amide bonds. The van der Waals surface area contributed by atoms with Gasteiger partial charge in [0.05, 0.1) is 6.54 Å². The summed E-state index contributed by atoms with van der Waals surface area (Å²) in [4.78, 5) is 4.05. The van der Waals surface area contributed by atoms with Gasteiger partial charge < -0.3 is 0 Å². The molecule has 1 aliphatic rings. The van der Waals surface area contributed by atoms with Crippen molar-refractivity contribution in [1.29, 1.82) is 0 Å². The van der Waals surface area contributed by atoms with Gasteiger partial charge in [-0.1, -0.05) is 24.3 Å². The third kappa shape index (κ3) is 2.69. The summed E-state index contributed by atoms with van der Waals surface area (Å²) >= 11 is 0. The molecule has 0 bridgehead atoms. The lowest BCUT2D eigenvalue weighted by Gasteiger charge is -2.15. The first-order valence-electron chi connectivity index (χ1n) is 6.76. The minimum absolute atomic E-state index is 0.144. The molecule has 2 aromatic rings. The zero-order valence-electron chi connectivity index (χ0n) is 11.6. The minimum atomic E-state index is -3.29. The number of aliphatic imine (C=N–C) groups is 1. The van der Waals surface area contributed by atoms with Gasteiger partial charge in [-0.05, 0) is 24.6 Å². The van der Waals surface area contributed by atoms with Gasteiger partial charge in [0.2, 0.25) is 5.82 Å². The highest BCUT2D eigenvalue weighted by Gasteiger charge is 2.40. The van der Waals surface area contributed by atoms with E-state index in [1.807, 2.05) is 0 Å². The van der Waals surface area contributed by atoms with Crippen molar-refractivity contribution < 1.29 is 8.78 Å². The summed E-state index contributed by atoms with van der Waals surface area (Å²) in [7, 11) is 0. The van der Waals surface area contributed by atoms with Crippen LogP contribution in [0.4, 0.5) is 8.78 Å². The average molecular weight is 301 g/mol. The summed E-state index contributed by atoms with van der Waals surface area (Å²) in [5, 5.41) is 11.3. The highest BCUT2D eigenvalue weighted by atomic mass is 19.3. The number of nitrogens with zero attached hydrogens (tertiary/aromatic N) is 5. The van der Waals surface area contributed by atoms with Crippen molar-refractivity contribution in [2.75, 3.05) is 6.54 Å². The van der Waals surface area contributed by atoms with Crippen LogP contribution < -0.4 is 0 Å². The van der Waals surface area contributed by atoms with Crippen LogP contribution in [0.5, 0.6) is 0 Å². The van der Waals surface area contributed by atoms with E-state index in [1.165, 1.54) is 18.3 Å². The van der Waals surface area contributed by atoms with E-state index in [-0.39, 0.29) is 11.2 Å².